The molecule has 86 valence electrons. The molecule has 0 saturated carbocycles. The summed E-state index contributed by atoms with van der Waals surface area (Å²) in [5, 5.41) is 0. The van der Waals surface area contributed by atoms with Gasteiger partial charge in [0.25, 0.3) is 0 Å². The van der Waals surface area contributed by atoms with Crippen LogP contribution in [0.5, 0.6) is 0 Å². The summed E-state index contributed by atoms with van der Waals surface area (Å²) in [6, 6.07) is 3.71. The van der Waals surface area contributed by atoms with Crippen molar-refractivity contribution in [3.05, 3.63) is 23.9 Å². The number of carbonyl (C=O) groups excluding carboxylic acids is 1. The molecule has 0 spiro atoms. The first-order valence-corrected chi connectivity index (χ1v) is 5.07. The smallest absolute Gasteiger partial charge is 0.248 e. The van der Waals surface area contributed by atoms with E-state index in [0.717, 1.165) is 5.56 Å². The fourth-order valence-electron chi connectivity index (χ4n) is 1.62. The van der Waals surface area contributed by atoms with Crippen molar-refractivity contribution < 1.29 is 9.53 Å². The summed E-state index contributed by atoms with van der Waals surface area (Å²) < 4.78 is 5.06. The maximum atomic E-state index is 11.5. The van der Waals surface area contributed by atoms with Gasteiger partial charge in [-0.25, -0.2) is 10.8 Å². The molecule has 3 N–H and O–H groups in total. The zero-order valence-corrected chi connectivity index (χ0v) is 8.85. The highest BCUT2D eigenvalue weighted by atomic mass is 16.5. The number of anilines is 1. The second kappa shape index (κ2) is 4.91. The van der Waals surface area contributed by atoms with E-state index in [0.29, 0.717) is 25.5 Å². The maximum absolute atomic E-state index is 11.5. The minimum Gasteiger partial charge on any atom is -0.370 e. The number of morpholine rings is 1. The lowest BCUT2D eigenvalue weighted by atomic mass is 10.2. The monoisotopic (exact) mass is 222 g/mol. The van der Waals surface area contributed by atoms with Crippen molar-refractivity contribution in [2.24, 2.45) is 5.84 Å². The van der Waals surface area contributed by atoms with Crippen molar-refractivity contribution in [3.63, 3.8) is 0 Å². The lowest BCUT2D eigenvalue weighted by molar-refractivity contribution is -0.143. The highest BCUT2D eigenvalue weighted by Gasteiger charge is 2.19. The number of nitrogens with zero attached hydrogens (tertiary/aromatic N) is 2. The first-order valence-electron chi connectivity index (χ1n) is 5.07. The summed E-state index contributed by atoms with van der Waals surface area (Å²) in [5.41, 5.74) is 3.42. The molecule has 1 fully saturated rings. The third-order valence-corrected chi connectivity index (χ3v) is 2.47. The molecule has 0 radical (unpaired) electrons. The van der Waals surface area contributed by atoms with Gasteiger partial charge in [-0.3, -0.25) is 4.79 Å². The molecule has 6 nitrogen and oxygen atoms in total. The molecule has 16 heavy (non-hydrogen) atoms. The Kier molecular flexibility index (Phi) is 3.33. The zero-order valence-electron chi connectivity index (χ0n) is 8.85. The van der Waals surface area contributed by atoms with Crippen molar-refractivity contribution in [3.8, 4) is 0 Å². The van der Waals surface area contributed by atoms with Crippen molar-refractivity contribution in [2.75, 3.05) is 25.2 Å². The Hall–Kier alpha value is -1.66. The standard InChI is InChI=1S/C10H14N4O2/c11-13-10-8(2-1-3-12-10)6-14-4-5-16-7-9(14)15/h1-3H,4-7,11H2,(H,12,13). The lowest BCUT2D eigenvalue weighted by Gasteiger charge is -2.27. The van der Waals surface area contributed by atoms with E-state index in [1.807, 2.05) is 12.1 Å². The van der Waals surface area contributed by atoms with Gasteiger partial charge in [-0.05, 0) is 6.07 Å². The van der Waals surface area contributed by atoms with Gasteiger partial charge in [0.1, 0.15) is 12.4 Å². The van der Waals surface area contributed by atoms with Crippen molar-refractivity contribution in [1.29, 1.82) is 0 Å². The van der Waals surface area contributed by atoms with Gasteiger partial charge in [-0.15, -0.1) is 0 Å². The predicted octanol–water partition coefficient (Wildman–Crippen LogP) is -0.274. The molecule has 0 unspecified atom stereocenters. The minimum absolute atomic E-state index is 0.00178. The topological polar surface area (TPSA) is 80.5 Å². The molecule has 1 aromatic rings. The number of rotatable bonds is 3. The molecule has 0 aromatic carbocycles. The number of hydrogen-bond acceptors (Lipinski definition) is 5. The van der Waals surface area contributed by atoms with Crippen LogP contribution in [-0.2, 0) is 16.1 Å². The van der Waals surface area contributed by atoms with E-state index >= 15 is 0 Å². The Labute approximate surface area is 93.4 Å². The van der Waals surface area contributed by atoms with Crippen LogP contribution in [0, 0.1) is 0 Å². The van der Waals surface area contributed by atoms with Crippen LogP contribution < -0.4 is 11.3 Å². The van der Waals surface area contributed by atoms with Crippen LogP contribution in [0.1, 0.15) is 5.56 Å². The number of nitrogen functional groups attached to an aromatic ring is 1. The van der Waals surface area contributed by atoms with Gasteiger partial charge >= 0.3 is 0 Å². The van der Waals surface area contributed by atoms with Gasteiger partial charge in [-0.2, -0.15) is 0 Å². The predicted molar refractivity (Wildman–Crippen MR) is 58.3 cm³/mol. The van der Waals surface area contributed by atoms with E-state index < -0.39 is 0 Å². The number of aromatic nitrogens is 1. The molecule has 1 amide bonds. The van der Waals surface area contributed by atoms with E-state index in [1.54, 1.807) is 11.1 Å². The first-order chi connectivity index (χ1) is 7.81. The zero-order chi connectivity index (χ0) is 11.4. The Morgan fingerprint density at radius 1 is 1.62 bits per heavy atom. The van der Waals surface area contributed by atoms with Crippen LogP contribution in [0.15, 0.2) is 18.3 Å². The quantitative estimate of drug-likeness (QED) is 0.543. The second-order valence-corrected chi connectivity index (χ2v) is 3.52. The number of amides is 1. The summed E-state index contributed by atoms with van der Waals surface area (Å²) in [4.78, 5) is 17.3. The summed E-state index contributed by atoms with van der Waals surface area (Å²) in [5.74, 6) is 5.95. The maximum Gasteiger partial charge on any atom is 0.248 e. The molecular formula is C10H14N4O2. The van der Waals surface area contributed by atoms with Crippen LogP contribution in [0.3, 0.4) is 0 Å². The molecule has 0 atom stereocenters. The molecule has 2 heterocycles. The van der Waals surface area contributed by atoms with Crippen LogP contribution in [0.2, 0.25) is 0 Å². The number of pyridine rings is 1. The minimum atomic E-state index is -0.00178. The SMILES string of the molecule is NNc1ncccc1CN1CCOCC1=O. The van der Waals surface area contributed by atoms with E-state index in [1.165, 1.54) is 0 Å². The Balaban J connectivity index is 2.10. The Morgan fingerprint density at radius 2 is 2.50 bits per heavy atom. The Morgan fingerprint density at radius 3 is 3.25 bits per heavy atom. The fraction of sp³-hybridized carbons (Fsp3) is 0.400. The number of hydrazine groups is 1. The molecule has 6 heteroatoms. The van der Waals surface area contributed by atoms with Crippen molar-refractivity contribution >= 4 is 11.7 Å². The molecule has 1 saturated heterocycles. The van der Waals surface area contributed by atoms with Gasteiger partial charge in [-0.1, -0.05) is 6.07 Å². The summed E-state index contributed by atoms with van der Waals surface area (Å²) in [6.07, 6.45) is 1.65. The highest BCUT2D eigenvalue weighted by Crippen LogP contribution is 2.14. The number of ether oxygens (including phenoxy) is 1. The fourth-order valence-corrected chi connectivity index (χ4v) is 1.62. The number of hydrogen-bond donors (Lipinski definition) is 2. The molecule has 1 aromatic heterocycles. The van der Waals surface area contributed by atoms with Crippen LogP contribution in [0.25, 0.3) is 0 Å². The molecule has 2 rings (SSSR count). The van der Waals surface area contributed by atoms with Crippen molar-refractivity contribution in [2.45, 2.75) is 6.54 Å². The molecule has 0 aliphatic carbocycles. The van der Waals surface area contributed by atoms with E-state index in [9.17, 15) is 4.79 Å². The van der Waals surface area contributed by atoms with Gasteiger partial charge in [0.05, 0.1) is 6.61 Å². The van der Waals surface area contributed by atoms with Crippen LogP contribution in [-0.4, -0.2) is 35.5 Å². The van der Waals surface area contributed by atoms with Gasteiger partial charge in [0.2, 0.25) is 5.91 Å². The van der Waals surface area contributed by atoms with Crippen LogP contribution in [0.4, 0.5) is 5.82 Å². The van der Waals surface area contributed by atoms with Gasteiger partial charge in [0, 0.05) is 24.8 Å². The first kappa shape index (κ1) is 10.8. The Bertz CT molecular complexity index is 383. The highest BCUT2D eigenvalue weighted by molar-refractivity contribution is 5.78. The number of carbonyl (C=O) groups is 1. The third kappa shape index (κ3) is 2.29. The van der Waals surface area contributed by atoms with Gasteiger partial charge < -0.3 is 15.1 Å². The average Bonchev–Trinajstić information content (AvgIpc) is 2.33. The molecule has 1 aliphatic heterocycles. The summed E-state index contributed by atoms with van der Waals surface area (Å²) >= 11 is 0. The molecule has 1 aliphatic rings. The largest absolute Gasteiger partial charge is 0.370 e. The van der Waals surface area contributed by atoms with E-state index in [2.05, 4.69) is 10.4 Å². The number of nitrogens with one attached hydrogen (secondary N) is 1. The molecule has 0 bridgehead atoms. The average molecular weight is 222 g/mol. The van der Waals surface area contributed by atoms with E-state index in [4.69, 9.17) is 10.6 Å². The van der Waals surface area contributed by atoms with Crippen molar-refractivity contribution in [1.82, 2.24) is 9.88 Å². The summed E-state index contributed by atoms with van der Waals surface area (Å²) in [6.45, 7) is 1.86. The normalized spacial score (nSPS) is 16.3. The number of nitrogens with two attached hydrogens (primary N) is 1. The second-order valence-electron chi connectivity index (χ2n) is 3.52. The van der Waals surface area contributed by atoms with Crippen LogP contribution >= 0.6 is 0 Å². The summed E-state index contributed by atoms with van der Waals surface area (Å²) in [7, 11) is 0. The van der Waals surface area contributed by atoms with E-state index in [-0.39, 0.29) is 12.5 Å². The molecular weight excluding hydrogens is 208 g/mol. The third-order valence-electron chi connectivity index (χ3n) is 2.47. The lowest BCUT2D eigenvalue weighted by Crippen LogP contribution is -2.41. The van der Waals surface area contributed by atoms with Gasteiger partial charge in [0.15, 0.2) is 0 Å².